The number of rotatable bonds is 3. The molecule has 0 aliphatic rings. The Bertz CT molecular complexity index is 558. The number of carboxylic acids is 1. The number of carboxylic acid groups (broad SMARTS) is 1. The average molecular weight is 248 g/mol. The molecule has 1 aromatic heterocycles. The molecule has 17 heavy (non-hydrogen) atoms. The molecule has 0 saturated heterocycles. The first-order valence-corrected chi connectivity index (χ1v) is 5.92. The summed E-state index contributed by atoms with van der Waals surface area (Å²) in [6.45, 7) is 1.91. The number of para-hydroxylation sites is 1. The number of ether oxygens (including phenoxy) is 1. The Labute approximate surface area is 103 Å². The van der Waals surface area contributed by atoms with Crippen LogP contribution in [0.25, 0.3) is 10.4 Å². The van der Waals surface area contributed by atoms with Crippen molar-refractivity contribution in [1.82, 2.24) is 0 Å². The van der Waals surface area contributed by atoms with E-state index in [-0.39, 0.29) is 0 Å². The summed E-state index contributed by atoms with van der Waals surface area (Å²) in [6, 6.07) is 9.30. The summed E-state index contributed by atoms with van der Waals surface area (Å²) in [5.74, 6) is -0.131. The second kappa shape index (κ2) is 4.59. The summed E-state index contributed by atoms with van der Waals surface area (Å²) in [7, 11) is 1.61. The van der Waals surface area contributed by atoms with E-state index in [1.54, 1.807) is 13.2 Å². The molecule has 1 N–H and O–H groups in total. The Morgan fingerprint density at radius 2 is 2.06 bits per heavy atom. The monoisotopic (exact) mass is 248 g/mol. The van der Waals surface area contributed by atoms with E-state index in [4.69, 9.17) is 9.84 Å². The quantitative estimate of drug-likeness (QED) is 0.905. The van der Waals surface area contributed by atoms with Gasteiger partial charge in [0.2, 0.25) is 0 Å². The van der Waals surface area contributed by atoms with Crippen LogP contribution in [0.4, 0.5) is 0 Å². The summed E-state index contributed by atoms with van der Waals surface area (Å²) in [5, 5.41) is 8.98. The molecule has 88 valence electrons. The van der Waals surface area contributed by atoms with Gasteiger partial charge in [-0.25, -0.2) is 4.79 Å². The average Bonchev–Trinajstić information content (AvgIpc) is 2.71. The van der Waals surface area contributed by atoms with Crippen molar-refractivity contribution in [2.75, 3.05) is 7.11 Å². The molecule has 2 aromatic rings. The third-order valence-electron chi connectivity index (χ3n) is 2.48. The highest BCUT2D eigenvalue weighted by molar-refractivity contribution is 7.17. The van der Waals surface area contributed by atoms with Crippen molar-refractivity contribution >= 4 is 17.3 Å². The van der Waals surface area contributed by atoms with Crippen molar-refractivity contribution in [1.29, 1.82) is 0 Å². The number of benzene rings is 1. The Hall–Kier alpha value is -1.81. The van der Waals surface area contributed by atoms with Crippen LogP contribution in [0, 0.1) is 6.92 Å². The molecule has 0 aliphatic carbocycles. The molecule has 1 aromatic carbocycles. The number of thiophene rings is 1. The summed E-state index contributed by atoms with van der Waals surface area (Å²) < 4.78 is 5.28. The van der Waals surface area contributed by atoms with Gasteiger partial charge in [-0.3, -0.25) is 0 Å². The number of aromatic carboxylic acids is 1. The van der Waals surface area contributed by atoms with Crippen LogP contribution in [-0.4, -0.2) is 18.2 Å². The molecule has 0 fully saturated rings. The molecule has 4 heteroatoms. The predicted molar refractivity (Wildman–Crippen MR) is 68.0 cm³/mol. The van der Waals surface area contributed by atoms with Gasteiger partial charge in [0.15, 0.2) is 0 Å². The predicted octanol–water partition coefficient (Wildman–Crippen LogP) is 3.43. The smallest absolute Gasteiger partial charge is 0.345 e. The van der Waals surface area contributed by atoms with E-state index < -0.39 is 5.97 Å². The molecular weight excluding hydrogens is 236 g/mol. The summed E-state index contributed by atoms with van der Waals surface area (Å²) in [4.78, 5) is 12.2. The molecule has 0 unspecified atom stereocenters. The van der Waals surface area contributed by atoms with Gasteiger partial charge in [0.1, 0.15) is 10.6 Å². The van der Waals surface area contributed by atoms with Crippen LogP contribution in [0.3, 0.4) is 0 Å². The van der Waals surface area contributed by atoms with Gasteiger partial charge in [-0.15, -0.1) is 11.3 Å². The zero-order valence-corrected chi connectivity index (χ0v) is 10.4. The van der Waals surface area contributed by atoms with E-state index in [1.165, 1.54) is 11.3 Å². The van der Waals surface area contributed by atoms with Gasteiger partial charge in [0, 0.05) is 10.4 Å². The molecule has 0 saturated carbocycles. The fraction of sp³-hybridized carbons (Fsp3) is 0.154. The van der Waals surface area contributed by atoms with E-state index in [9.17, 15) is 4.79 Å². The molecule has 0 amide bonds. The fourth-order valence-corrected chi connectivity index (χ4v) is 2.73. The lowest BCUT2D eigenvalue weighted by molar-refractivity contribution is 0.0702. The molecule has 0 atom stereocenters. The first-order valence-electron chi connectivity index (χ1n) is 5.10. The maximum atomic E-state index is 10.9. The molecule has 0 bridgehead atoms. The van der Waals surface area contributed by atoms with Crippen molar-refractivity contribution in [3.05, 3.63) is 40.8 Å². The standard InChI is InChI=1S/C13H12O3S/c1-8-7-11(13(14)15)17-12(8)9-5-3-4-6-10(9)16-2/h3-7H,1-2H3,(H,14,15). The van der Waals surface area contributed by atoms with Gasteiger partial charge in [0.05, 0.1) is 7.11 Å². The second-order valence-electron chi connectivity index (χ2n) is 3.63. The topological polar surface area (TPSA) is 46.5 Å². The van der Waals surface area contributed by atoms with Crippen LogP contribution < -0.4 is 4.74 Å². The summed E-state index contributed by atoms with van der Waals surface area (Å²) in [6.07, 6.45) is 0. The van der Waals surface area contributed by atoms with E-state index in [2.05, 4.69) is 0 Å². The third kappa shape index (κ3) is 2.17. The fourth-order valence-electron chi connectivity index (χ4n) is 1.69. The lowest BCUT2D eigenvalue weighted by Crippen LogP contribution is -1.89. The van der Waals surface area contributed by atoms with Gasteiger partial charge in [-0.05, 0) is 30.7 Å². The van der Waals surface area contributed by atoms with Crippen molar-refractivity contribution in [3.63, 3.8) is 0 Å². The van der Waals surface area contributed by atoms with E-state index in [0.717, 1.165) is 21.8 Å². The first-order chi connectivity index (χ1) is 8.13. The number of hydrogen-bond donors (Lipinski definition) is 1. The number of carbonyl (C=O) groups is 1. The molecule has 1 heterocycles. The number of hydrogen-bond acceptors (Lipinski definition) is 3. The highest BCUT2D eigenvalue weighted by atomic mass is 32.1. The van der Waals surface area contributed by atoms with Crippen molar-refractivity contribution in [3.8, 4) is 16.2 Å². The second-order valence-corrected chi connectivity index (χ2v) is 4.68. The van der Waals surface area contributed by atoms with Crippen LogP contribution in [-0.2, 0) is 0 Å². The Kier molecular flexibility index (Phi) is 3.15. The van der Waals surface area contributed by atoms with Gasteiger partial charge in [0.25, 0.3) is 0 Å². The Morgan fingerprint density at radius 3 is 2.65 bits per heavy atom. The van der Waals surface area contributed by atoms with E-state index >= 15 is 0 Å². The molecule has 3 nitrogen and oxygen atoms in total. The molecule has 0 radical (unpaired) electrons. The zero-order valence-electron chi connectivity index (χ0n) is 9.56. The van der Waals surface area contributed by atoms with Crippen LogP contribution in [0.15, 0.2) is 30.3 Å². The molecule has 2 rings (SSSR count). The van der Waals surface area contributed by atoms with Crippen LogP contribution >= 0.6 is 11.3 Å². The van der Waals surface area contributed by atoms with E-state index in [0.29, 0.717) is 4.88 Å². The summed E-state index contributed by atoms with van der Waals surface area (Å²) in [5.41, 5.74) is 1.89. The van der Waals surface area contributed by atoms with Crippen molar-refractivity contribution in [2.45, 2.75) is 6.92 Å². The minimum Gasteiger partial charge on any atom is -0.496 e. The minimum absolute atomic E-state index is 0.350. The maximum Gasteiger partial charge on any atom is 0.345 e. The van der Waals surface area contributed by atoms with E-state index in [1.807, 2.05) is 31.2 Å². The largest absolute Gasteiger partial charge is 0.496 e. The lowest BCUT2D eigenvalue weighted by atomic mass is 10.1. The van der Waals surface area contributed by atoms with Crippen molar-refractivity contribution in [2.24, 2.45) is 0 Å². The third-order valence-corrected chi connectivity index (χ3v) is 3.74. The molecule has 0 aliphatic heterocycles. The maximum absolute atomic E-state index is 10.9. The van der Waals surface area contributed by atoms with Crippen molar-refractivity contribution < 1.29 is 14.6 Å². The SMILES string of the molecule is COc1ccccc1-c1sc(C(=O)O)cc1C. The Morgan fingerprint density at radius 1 is 1.35 bits per heavy atom. The van der Waals surface area contributed by atoms with Gasteiger partial charge in [-0.2, -0.15) is 0 Å². The number of methoxy groups -OCH3 is 1. The van der Waals surface area contributed by atoms with Crippen LogP contribution in [0.5, 0.6) is 5.75 Å². The first kappa shape index (κ1) is 11.7. The van der Waals surface area contributed by atoms with Gasteiger partial charge < -0.3 is 9.84 Å². The van der Waals surface area contributed by atoms with Crippen LogP contribution in [0.2, 0.25) is 0 Å². The minimum atomic E-state index is -0.890. The normalized spacial score (nSPS) is 10.2. The van der Waals surface area contributed by atoms with Gasteiger partial charge >= 0.3 is 5.97 Å². The summed E-state index contributed by atoms with van der Waals surface area (Å²) >= 11 is 1.27. The highest BCUT2D eigenvalue weighted by Gasteiger charge is 2.14. The van der Waals surface area contributed by atoms with Crippen LogP contribution in [0.1, 0.15) is 15.2 Å². The molecular formula is C13H12O3S. The lowest BCUT2D eigenvalue weighted by Gasteiger charge is -2.06. The molecule has 0 spiro atoms. The zero-order chi connectivity index (χ0) is 12.4. The van der Waals surface area contributed by atoms with Gasteiger partial charge in [-0.1, -0.05) is 12.1 Å². The Balaban J connectivity index is 2.56. The number of aryl methyl sites for hydroxylation is 1. The highest BCUT2D eigenvalue weighted by Crippen LogP contribution is 2.37.